The summed E-state index contributed by atoms with van der Waals surface area (Å²) in [5, 5.41) is 21.7. The van der Waals surface area contributed by atoms with E-state index in [9.17, 15) is 10.1 Å². The quantitative estimate of drug-likeness (QED) is 0.254. The molecule has 0 aliphatic rings. The van der Waals surface area contributed by atoms with Crippen LogP contribution in [0.1, 0.15) is 5.56 Å². The molecule has 6 nitrogen and oxygen atoms in total. The SMILES string of the molecule is CO/C(=N/O)c1ccc([N+](=O)[O-])cc1. The van der Waals surface area contributed by atoms with Gasteiger partial charge < -0.3 is 9.94 Å². The van der Waals surface area contributed by atoms with E-state index in [4.69, 9.17) is 9.94 Å². The molecule has 1 rings (SSSR count). The summed E-state index contributed by atoms with van der Waals surface area (Å²) in [7, 11) is 1.34. The highest BCUT2D eigenvalue weighted by Crippen LogP contribution is 2.12. The lowest BCUT2D eigenvalue weighted by molar-refractivity contribution is -0.384. The van der Waals surface area contributed by atoms with E-state index in [-0.39, 0.29) is 11.6 Å². The van der Waals surface area contributed by atoms with Gasteiger partial charge in [0.15, 0.2) is 0 Å². The van der Waals surface area contributed by atoms with Gasteiger partial charge in [-0.25, -0.2) is 0 Å². The van der Waals surface area contributed by atoms with Crippen molar-refractivity contribution in [2.24, 2.45) is 5.16 Å². The molecule has 6 heteroatoms. The molecule has 14 heavy (non-hydrogen) atoms. The van der Waals surface area contributed by atoms with Gasteiger partial charge in [0, 0.05) is 17.7 Å². The third-order valence-electron chi connectivity index (χ3n) is 1.61. The molecular weight excluding hydrogens is 188 g/mol. The van der Waals surface area contributed by atoms with E-state index < -0.39 is 4.92 Å². The first-order valence-corrected chi connectivity index (χ1v) is 3.70. The molecule has 0 amide bonds. The van der Waals surface area contributed by atoms with E-state index in [1.807, 2.05) is 0 Å². The smallest absolute Gasteiger partial charge is 0.269 e. The van der Waals surface area contributed by atoms with Crippen LogP contribution in [0.15, 0.2) is 29.4 Å². The van der Waals surface area contributed by atoms with Gasteiger partial charge in [-0.3, -0.25) is 10.1 Å². The fourth-order valence-electron chi connectivity index (χ4n) is 0.942. The first-order valence-electron chi connectivity index (χ1n) is 3.70. The summed E-state index contributed by atoms with van der Waals surface area (Å²) in [6, 6.07) is 5.49. The highest BCUT2D eigenvalue weighted by Gasteiger charge is 2.07. The van der Waals surface area contributed by atoms with Gasteiger partial charge in [-0.15, -0.1) is 0 Å². The maximum atomic E-state index is 10.3. The van der Waals surface area contributed by atoms with E-state index in [0.29, 0.717) is 5.56 Å². The van der Waals surface area contributed by atoms with Gasteiger partial charge in [-0.05, 0) is 17.3 Å². The number of oxime groups is 1. The zero-order valence-corrected chi connectivity index (χ0v) is 7.38. The zero-order valence-electron chi connectivity index (χ0n) is 7.38. The number of nitrogens with zero attached hydrogens (tertiary/aromatic N) is 2. The monoisotopic (exact) mass is 196 g/mol. The van der Waals surface area contributed by atoms with E-state index in [1.54, 1.807) is 0 Å². The van der Waals surface area contributed by atoms with Crippen molar-refractivity contribution >= 4 is 11.6 Å². The second kappa shape index (κ2) is 4.22. The minimum atomic E-state index is -0.508. The number of rotatable bonds is 2. The zero-order chi connectivity index (χ0) is 10.6. The van der Waals surface area contributed by atoms with Gasteiger partial charge in [0.1, 0.15) is 0 Å². The average molecular weight is 196 g/mol. The Balaban J connectivity index is 2.99. The van der Waals surface area contributed by atoms with Gasteiger partial charge >= 0.3 is 0 Å². The number of non-ortho nitro benzene ring substituents is 1. The topological polar surface area (TPSA) is 85.0 Å². The summed E-state index contributed by atoms with van der Waals surface area (Å²) in [6.45, 7) is 0. The fraction of sp³-hybridized carbons (Fsp3) is 0.125. The van der Waals surface area contributed by atoms with Crippen molar-refractivity contribution < 1.29 is 14.9 Å². The van der Waals surface area contributed by atoms with E-state index in [1.165, 1.54) is 31.4 Å². The van der Waals surface area contributed by atoms with Crippen molar-refractivity contribution in [2.75, 3.05) is 7.11 Å². The number of hydrogen-bond donors (Lipinski definition) is 1. The van der Waals surface area contributed by atoms with Crippen LogP contribution in [0.2, 0.25) is 0 Å². The largest absolute Gasteiger partial charge is 0.479 e. The maximum absolute atomic E-state index is 10.3. The Morgan fingerprint density at radius 2 is 2.07 bits per heavy atom. The second-order valence-electron chi connectivity index (χ2n) is 2.41. The molecule has 74 valence electrons. The number of nitro groups is 1. The predicted octanol–water partition coefficient (Wildman–Crippen LogP) is 1.38. The Bertz CT molecular complexity index is 358. The standard InChI is InChI=1S/C8H8N2O4/c1-14-8(9-11)6-2-4-7(5-3-6)10(12)13/h2-5,11H,1H3/b9-8+. The molecule has 1 N–H and O–H groups in total. The number of nitro benzene ring substituents is 1. The molecule has 1 aromatic carbocycles. The molecule has 0 spiro atoms. The number of methoxy groups -OCH3 is 1. The Hall–Kier alpha value is -2.11. The maximum Gasteiger partial charge on any atom is 0.269 e. The van der Waals surface area contributed by atoms with Crippen LogP contribution in [0.5, 0.6) is 0 Å². The van der Waals surface area contributed by atoms with E-state index in [0.717, 1.165) is 0 Å². The Labute approximate surface area is 79.6 Å². The van der Waals surface area contributed by atoms with Crippen molar-refractivity contribution in [1.29, 1.82) is 0 Å². The highest BCUT2D eigenvalue weighted by molar-refractivity contribution is 5.93. The summed E-state index contributed by atoms with van der Waals surface area (Å²) in [6.07, 6.45) is 0. The third kappa shape index (κ3) is 1.98. The van der Waals surface area contributed by atoms with Crippen LogP contribution >= 0.6 is 0 Å². The van der Waals surface area contributed by atoms with Crippen LogP contribution in [0.3, 0.4) is 0 Å². The Morgan fingerprint density at radius 3 is 2.43 bits per heavy atom. The summed E-state index contributed by atoms with van der Waals surface area (Å²) in [5.41, 5.74) is 0.447. The molecular formula is C8H8N2O4. The summed E-state index contributed by atoms with van der Waals surface area (Å²) >= 11 is 0. The third-order valence-corrected chi connectivity index (χ3v) is 1.61. The van der Waals surface area contributed by atoms with Gasteiger partial charge in [-0.1, -0.05) is 0 Å². The molecule has 0 unspecified atom stereocenters. The van der Waals surface area contributed by atoms with Crippen molar-refractivity contribution in [3.8, 4) is 0 Å². The summed E-state index contributed by atoms with van der Waals surface area (Å²) in [4.78, 5) is 9.81. The van der Waals surface area contributed by atoms with Crippen LogP contribution in [0.4, 0.5) is 5.69 Å². The van der Waals surface area contributed by atoms with Crippen LogP contribution in [-0.4, -0.2) is 23.1 Å². The molecule has 0 aliphatic heterocycles. The van der Waals surface area contributed by atoms with E-state index >= 15 is 0 Å². The van der Waals surface area contributed by atoms with Crippen LogP contribution in [-0.2, 0) is 4.74 Å². The molecule has 1 aromatic rings. The van der Waals surface area contributed by atoms with Gasteiger partial charge in [0.05, 0.1) is 12.0 Å². The molecule has 0 atom stereocenters. The first kappa shape index (κ1) is 9.97. The fourth-order valence-corrected chi connectivity index (χ4v) is 0.942. The predicted molar refractivity (Wildman–Crippen MR) is 48.4 cm³/mol. The number of ether oxygens (including phenoxy) is 1. The number of hydrogen-bond acceptors (Lipinski definition) is 5. The normalized spacial score (nSPS) is 11.1. The first-order chi connectivity index (χ1) is 6.69. The lowest BCUT2D eigenvalue weighted by atomic mass is 10.2. The molecule has 0 heterocycles. The van der Waals surface area contributed by atoms with Gasteiger partial charge in [0.25, 0.3) is 11.6 Å². The van der Waals surface area contributed by atoms with Crippen molar-refractivity contribution in [3.05, 3.63) is 39.9 Å². The summed E-state index contributed by atoms with van der Waals surface area (Å²) < 4.78 is 4.72. The summed E-state index contributed by atoms with van der Waals surface area (Å²) in [5.74, 6) is 0.0138. The Kier molecular flexibility index (Phi) is 3.01. The van der Waals surface area contributed by atoms with Crippen molar-refractivity contribution in [2.45, 2.75) is 0 Å². The molecule has 0 saturated heterocycles. The second-order valence-corrected chi connectivity index (χ2v) is 2.41. The van der Waals surface area contributed by atoms with Crippen LogP contribution < -0.4 is 0 Å². The number of benzene rings is 1. The lowest BCUT2D eigenvalue weighted by Crippen LogP contribution is -2.03. The van der Waals surface area contributed by atoms with E-state index in [2.05, 4.69) is 5.16 Å². The average Bonchev–Trinajstić information content (AvgIpc) is 2.20. The molecule has 0 aliphatic carbocycles. The lowest BCUT2D eigenvalue weighted by Gasteiger charge is -2.01. The van der Waals surface area contributed by atoms with Gasteiger partial charge in [-0.2, -0.15) is 0 Å². The highest BCUT2D eigenvalue weighted by atomic mass is 16.6. The molecule has 0 radical (unpaired) electrons. The molecule has 0 saturated carbocycles. The van der Waals surface area contributed by atoms with Crippen LogP contribution in [0.25, 0.3) is 0 Å². The minimum Gasteiger partial charge on any atom is -0.479 e. The Morgan fingerprint density at radius 1 is 1.50 bits per heavy atom. The minimum absolute atomic E-state index is 0.0138. The molecule has 0 fully saturated rings. The van der Waals surface area contributed by atoms with Crippen LogP contribution in [0, 0.1) is 10.1 Å². The van der Waals surface area contributed by atoms with Gasteiger partial charge in [0.2, 0.25) is 0 Å². The van der Waals surface area contributed by atoms with Crippen molar-refractivity contribution in [3.63, 3.8) is 0 Å². The molecule has 0 aromatic heterocycles. The molecule has 0 bridgehead atoms. The van der Waals surface area contributed by atoms with Crippen molar-refractivity contribution in [1.82, 2.24) is 0 Å².